The van der Waals surface area contributed by atoms with Crippen molar-refractivity contribution in [3.8, 4) is 5.75 Å². The molecule has 0 atom stereocenters. The Labute approximate surface area is 122 Å². The molecule has 0 saturated carbocycles. The minimum atomic E-state index is -1.19. The molecule has 0 aliphatic carbocycles. The van der Waals surface area contributed by atoms with Crippen molar-refractivity contribution in [3.05, 3.63) is 28.3 Å². The van der Waals surface area contributed by atoms with Crippen molar-refractivity contribution in [1.82, 2.24) is 0 Å². The zero-order valence-corrected chi connectivity index (χ0v) is 11.4. The van der Waals surface area contributed by atoms with Gasteiger partial charge in [0.05, 0.1) is 18.1 Å². The lowest BCUT2D eigenvalue weighted by molar-refractivity contribution is -0.384. The molecule has 0 radical (unpaired) electrons. The van der Waals surface area contributed by atoms with E-state index in [0.29, 0.717) is 0 Å². The molecule has 1 rings (SSSR count). The van der Waals surface area contributed by atoms with Crippen LogP contribution in [0.25, 0.3) is 0 Å². The van der Waals surface area contributed by atoms with Gasteiger partial charge in [-0.1, -0.05) is 0 Å². The fourth-order valence-electron chi connectivity index (χ4n) is 1.17. The highest BCUT2D eigenvalue weighted by Gasteiger charge is 2.19. The molecule has 0 fully saturated rings. The maximum atomic E-state index is 10.9. The Kier molecular flexibility index (Phi) is 5.42. The topological polar surface area (TPSA) is 111 Å². The highest BCUT2D eigenvalue weighted by atomic mass is 35.5. The van der Waals surface area contributed by atoms with Crippen LogP contribution in [-0.2, 0) is 9.59 Å². The van der Waals surface area contributed by atoms with Crippen LogP contribution in [0, 0.1) is 10.1 Å². The molecule has 0 saturated heterocycles. The average Bonchev–Trinajstić information content (AvgIpc) is 2.38. The van der Waals surface area contributed by atoms with Crippen LogP contribution < -0.4 is 10.2 Å². The van der Waals surface area contributed by atoms with Crippen LogP contribution in [0.2, 0.25) is 0 Å². The monoisotopic (exact) mass is 319 g/mol. The number of nitro groups is 1. The van der Waals surface area contributed by atoms with Crippen LogP contribution in [0.3, 0.4) is 0 Å². The predicted octanol–water partition coefficient (Wildman–Crippen LogP) is 1.90. The Bertz CT molecular complexity index is 587. The first kappa shape index (κ1) is 15.9. The number of hydrogen-bond acceptors (Lipinski definition) is 7. The fraction of sp³-hybridized carbons (Fsp3) is 0.100. The van der Waals surface area contributed by atoms with Crippen LogP contribution in [0.15, 0.2) is 23.3 Å². The van der Waals surface area contributed by atoms with Gasteiger partial charge >= 0.3 is 0 Å². The molecule has 0 aliphatic heterocycles. The Morgan fingerprint density at radius 3 is 2.40 bits per heavy atom. The number of nitro benzene ring substituents is 1. The van der Waals surface area contributed by atoms with E-state index in [4.69, 9.17) is 27.9 Å². The van der Waals surface area contributed by atoms with Gasteiger partial charge in [0.2, 0.25) is 5.71 Å². The molecule has 1 aromatic rings. The summed E-state index contributed by atoms with van der Waals surface area (Å²) in [6.07, 6.45) is 0. The largest absolute Gasteiger partial charge is 0.496 e. The molecule has 0 heterocycles. The van der Waals surface area contributed by atoms with Crippen LogP contribution in [0.4, 0.5) is 11.4 Å². The van der Waals surface area contributed by atoms with Crippen LogP contribution in [0.5, 0.6) is 5.75 Å². The molecule has 1 N–H and O–H groups in total. The zero-order valence-electron chi connectivity index (χ0n) is 9.92. The molecule has 0 aromatic heterocycles. The Morgan fingerprint density at radius 1 is 1.35 bits per heavy atom. The molecule has 0 unspecified atom stereocenters. The van der Waals surface area contributed by atoms with Crippen LogP contribution in [0.1, 0.15) is 0 Å². The number of carbonyl (C=O) groups is 2. The Hall–Kier alpha value is -2.19. The Balaban J connectivity index is 3.15. The smallest absolute Gasteiger partial charge is 0.297 e. The predicted molar refractivity (Wildman–Crippen MR) is 72.4 cm³/mol. The number of nitrogens with zero attached hydrogens (tertiary/aromatic N) is 2. The fourth-order valence-corrected chi connectivity index (χ4v) is 1.47. The SMILES string of the molecule is COc1ccc(NN=C(C(=O)Cl)C(=O)Cl)c([N+](=O)[O-])c1. The molecule has 8 nitrogen and oxygen atoms in total. The number of hydrogen-bond donors (Lipinski definition) is 1. The van der Waals surface area contributed by atoms with Crippen molar-refractivity contribution >= 4 is 50.8 Å². The summed E-state index contributed by atoms with van der Waals surface area (Å²) >= 11 is 10.2. The van der Waals surface area contributed by atoms with Gasteiger partial charge in [0, 0.05) is 0 Å². The second-order valence-corrected chi connectivity index (χ2v) is 3.95. The summed E-state index contributed by atoms with van der Waals surface area (Å²) in [7, 11) is 1.35. The van der Waals surface area contributed by atoms with Crippen LogP contribution in [-0.4, -0.2) is 28.2 Å². The van der Waals surface area contributed by atoms with Gasteiger partial charge in [0.25, 0.3) is 16.2 Å². The molecular weight excluding hydrogens is 313 g/mol. The molecule has 1 aromatic carbocycles. The number of rotatable bonds is 6. The third-order valence-electron chi connectivity index (χ3n) is 2.06. The van der Waals surface area contributed by atoms with Gasteiger partial charge in [-0.2, -0.15) is 5.10 Å². The lowest BCUT2D eigenvalue weighted by Crippen LogP contribution is -2.17. The molecule has 10 heteroatoms. The number of halogens is 2. The van der Waals surface area contributed by atoms with Gasteiger partial charge in [0.15, 0.2) is 0 Å². The summed E-state index contributed by atoms with van der Waals surface area (Å²) in [5, 5.41) is 11.9. The minimum Gasteiger partial charge on any atom is -0.496 e. The number of hydrazone groups is 1. The van der Waals surface area contributed by atoms with Crippen molar-refractivity contribution in [1.29, 1.82) is 0 Å². The van der Waals surface area contributed by atoms with Crippen molar-refractivity contribution in [2.24, 2.45) is 5.10 Å². The molecule has 20 heavy (non-hydrogen) atoms. The second kappa shape index (κ2) is 6.83. The second-order valence-electron chi connectivity index (χ2n) is 3.26. The van der Waals surface area contributed by atoms with E-state index >= 15 is 0 Å². The first-order valence-corrected chi connectivity index (χ1v) is 5.68. The third kappa shape index (κ3) is 3.90. The average molecular weight is 320 g/mol. The molecular formula is C10H7Cl2N3O5. The van der Waals surface area contributed by atoms with E-state index < -0.39 is 21.1 Å². The number of methoxy groups -OCH3 is 1. The summed E-state index contributed by atoms with van der Waals surface area (Å²) in [6, 6.07) is 3.85. The Morgan fingerprint density at radius 2 is 1.95 bits per heavy atom. The third-order valence-corrected chi connectivity index (χ3v) is 2.42. The van der Waals surface area contributed by atoms with E-state index in [2.05, 4.69) is 10.5 Å². The summed E-state index contributed by atoms with van der Waals surface area (Å²) in [4.78, 5) is 31.9. The first-order valence-electron chi connectivity index (χ1n) is 4.92. The molecule has 0 spiro atoms. The highest BCUT2D eigenvalue weighted by Crippen LogP contribution is 2.28. The van der Waals surface area contributed by atoms with Crippen molar-refractivity contribution < 1.29 is 19.2 Å². The van der Waals surface area contributed by atoms with E-state index in [-0.39, 0.29) is 17.1 Å². The summed E-state index contributed by atoms with van der Waals surface area (Å²) in [6.45, 7) is 0. The highest BCUT2D eigenvalue weighted by molar-refractivity contribution is 7.01. The van der Waals surface area contributed by atoms with Gasteiger partial charge < -0.3 is 4.74 Å². The number of benzene rings is 1. The molecule has 106 valence electrons. The van der Waals surface area contributed by atoms with Crippen molar-refractivity contribution in [2.45, 2.75) is 0 Å². The summed E-state index contributed by atoms with van der Waals surface area (Å²) in [5.74, 6) is 0.258. The van der Waals surface area contributed by atoms with Crippen molar-refractivity contribution in [2.75, 3.05) is 12.5 Å². The maximum absolute atomic E-state index is 10.9. The van der Waals surface area contributed by atoms with E-state index in [0.717, 1.165) is 6.07 Å². The van der Waals surface area contributed by atoms with E-state index in [9.17, 15) is 19.7 Å². The molecule has 0 bridgehead atoms. The van der Waals surface area contributed by atoms with E-state index in [1.165, 1.54) is 19.2 Å². The zero-order chi connectivity index (χ0) is 15.3. The minimum absolute atomic E-state index is 0.0656. The lowest BCUT2D eigenvalue weighted by atomic mass is 10.2. The van der Waals surface area contributed by atoms with Gasteiger partial charge in [0.1, 0.15) is 11.4 Å². The quantitative estimate of drug-likeness (QED) is 0.282. The maximum Gasteiger partial charge on any atom is 0.297 e. The van der Waals surface area contributed by atoms with E-state index in [1.807, 2.05) is 0 Å². The number of ether oxygens (including phenoxy) is 1. The normalized spacial score (nSPS) is 9.55. The number of anilines is 1. The van der Waals surface area contributed by atoms with Gasteiger partial charge in [-0.15, -0.1) is 0 Å². The standard InChI is InChI=1S/C10H7Cl2N3O5/c1-20-5-2-3-6(7(4-5)15(18)19)13-14-8(9(11)16)10(12)17/h2-4,13H,1H3. The number of carbonyl (C=O) groups excluding carboxylic acids is 2. The summed E-state index contributed by atoms with van der Waals surface area (Å²) < 4.78 is 4.84. The number of nitrogens with one attached hydrogen (secondary N) is 1. The van der Waals surface area contributed by atoms with Crippen molar-refractivity contribution in [3.63, 3.8) is 0 Å². The lowest BCUT2D eigenvalue weighted by Gasteiger charge is -2.05. The van der Waals surface area contributed by atoms with Gasteiger partial charge in [-0.3, -0.25) is 25.1 Å². The first-order chi connectivity index (χ1) is 9.36. The van der Waals surface area contributed by atoms with Crippen LogP contribution >= 0.6 is 23.2 Å². The molecule has 0 amide bonds. The molecule has 0 aliphatic rings. The van der Waals surface area contributed by atoms with Gasteiger partial charge in [-0.25, -0.2) is 0 Å². The summed E-state index contributed by atoms with van der Waals surface area (Å²) in [5.41, 5.74) is 0.980. The van der Waals surface area contributed by atoms with E-state index in [1.54, 1.807) is 0 Å². The van der Waals surface area contributed by atoms with Gasteiger partial charge in [-0.05, 0) is 35.3 Å².